The number of ether oxygens (including phenoxy) is 2. The number of benzene rings is 3. The molecule has 3 aromatic carbocycles. The van der Waals surface area contributed by atoms with Crippen LogP contribution in [0.15, 0.2) is 94.1 Å². The molecule has 1 heterocycles. The Bertz CT molecular complexity index is 1140. The van der Waals surface area contributed by atoms with Gasteiger partial charge >= 0.3 is 0 Å². The van der Waals surface area contributed by atoms with Gasteiger partial charge in [0.25, 0.3) is 0 Å². The van der Waals surface area contributed by atoms with Gasteiger partial charge in [-0.15, -0.1) is 0 Å². The minimum absolute atomic E-state index is 0.00811. The van der Waals surface area contributed by atoms with E-state index >= 15 is 0 Å². The second-order valence-corrected chi connectivity index (χ2v) is 6.56. The first-order chi connectivity index (χ1) is 14.2. The number of fused-ring (bicyclic) bond motifs is 1. The Labute approximate surface area is 167 Å². The van der Waals surface area contributed by atoms with Crippen molar-refractivity contribution in [1.29, 1.82) is 0 Å². The molecule has 0 saturated carbocycles. The van der Waals surface area contributed by atoms with Gasteiger partial charge in [0.15, 0.2) is 5.43 Å². The highest BCUT2D eigenvalue weighted by Gasteiger charge is 2.13. The van der Waals surface area contributed by atoms with E-state index in [0.717, 1.165) is 5.56 Å². The highest BCUT2D eigenvalue weighted by molar-refractivity contribution is 5.84. The summed E-state index contributed by atoms with van der Waals surface area (Å²) < 4.78 is 17.1. The van der Waals surface area contributed by atoms with E-state index in [1.807, 2.05) is 60.7 Å². The van der Waals surface area contributed by atoms with Crippen LogP contribution in [0.2, 0.25) is 0 Å². The Morgan fingerprint density at radius 2 is 1.52 bits per heavy atom. The molecular formula is C24H20O5. The molecule has 1 atom stereocenters. The second kappa shape index (κ2) is 8.63. The first-order valence-corrected chi connectivity index (χ1v) is 9.32. The van der Waals surface area contributed by atoms with Gasteiger partial charge in [-0.25, -0.2) is 0 Å². The van der Waals surface area contributed by atoms with Crippen LogP contribution in [-0.2, 0) is 0 Å². The molecule has 4 rings (SSSR count). The predicted molar refractivity (Wildman–Crippen MR) is 111 cm³/mol. The van der Waals surface area contributed by atoms with E-state index in [1.54, 1.807) is 18.2 Å². The smallest absolute Gasteiger partial charge is 0.197 e. The maximum atomic E-state index is 12.7. The van der Waals surface area contributed by atoms with E-state index in [9.17, 15) is 9.90 Å². The summed E-state index contributed by atoms with van der Waals surface area (Å²) in [7, 11) is 0. The van der Waals surface area contributed by atoms with Crippen LogP contribution in [0, 0.1) is 0 Å². The third kappa shape index (κ3) is 4.47. The van der Waals surface area contributed by atoms with Gasteiger partial charge in [-0.1, -0.05) is 54.6 Å². The lowest BCUT2D eigenvalue weighted by Crippen LogP contribution is -2.25. The van der Waals surface area contributed by atoms with Crippen LogP contribution in [0.3, 0.4) is 0 Å². The maximum Gasteiger partial charge on any atom is 0.197 e. The molecule has 4 aromatic rings. The van der Waals surface area contributed by atoms with E-state index in [2.05, 4.69) is 0 Å². The number of hydrogen-bond donors (Lipinski definition) is 1. The van der Waals surface area contributed by atoms with Gasteiger partial charge in [0.05, 0.1) is 0 Å². The Kier molecular flexibility index (Phi) is 5.59. The van der Waals surface area contributed by atoms with Crippen molar-refractivity contribution in [2.45, 2.75) is 6.10 Å². The van der Waals surface area contributed by atoms with E-state index in [-0.39, 0.29) is 18.6 Å². The van der Waals surface area contributed by atoms with Crippen molar-refractivity contribution < 1.29 is 19.0 Å². The zero-order chi connectivity index (χ0) is 20.1. The average Bonchev–Trinajstić information content (AvgIpc) is 2.77. The van der Waals surface area contributed by atoms with Gasteiger partial charge < -0.3 is 19.0 Å². The highest BCUT2D eigenvalue weighted by Crippen LogP contribution is 2.27. The molecule has 0 saturated heterocycles. The molecule has 5 nitrogen and oxygen atoms in total. The van der Waals surface area contributed by atoms with Crippen LogP contribution in [0.25, 0.3) is 22.3 Å². The molecule has 146 valence electrons. The first-order valence-electron chi connectivity index (χ1n) is 9.32. The summed E-state index contributed by atoms with van der Waals surface area (Å²) in [5.74, 6) is 1.54. The molecular weight excluding hydrogens is 368 g/mol. The Morgan fingerprint density at radius 3 is 2.28 bits per heavy atom. The number of aliphatic hydroxyl groups excluding tert-OH is 1. The van der Waals surface area contributed by atoms with E-state index < -0.39 is 6.10 Å². The fourth-order valence-corrected chi connectivity index (χ4v) is 2.99. The Balaban J connectivity index is 1.50. The third-order valence-corrected chi connectivity index (χ3v) is 4.39. The molecule has 1 N–H and O–H groups in total. The molecule has 0 fully saturated rings. The van der Waals surface area contributed by atoms with Crippen molar-refractivity contribution in [3.8, 4) is 22.8 Å². The van der Waals surface area contributed by atoms with Crippen molar-refractivity contribution in [1.82, 2.24) is 0 Å². The van der Waals surface area contributed by atoms with Crippen molar-refractivity contribution in [3.63, 3.8) is 0 Å². The molecule has 0 aliphatic rings. The van der Waals surface area contributed by atoms with Crippen LogP contribution in [0.5, 0.6) is 11.5 Å². The molecule has 5 heteroatoms. The van der Waals surface area contributed by atoms with Crippen LogP contribution >= 0.6 is 0 Å². The molecule has 0 aliphatic carbocycles. The summed E-state index contributed by atoms with van der Waals surface area (Å²) >= 11 is 0. The summed E-state index contributed by atoms with van der Waals surface area (Å²) in [6.45, 7) is 0.0768. The lowest BCUT2D eigenvalue weighted by atomic mass is 10.1. The number of rotatable bonds is 7. The molecule has 0 aliphatic heterocycles. The van der Waals surface area contributed by atoms with Crippen LogP contribution in [-0.4, -0.2) is 24.4 Å². The quantitative estimate of drug-likeness (QED) is 0.512. The molecule has 0 radical (unpaired) electrons. The van der Waals surface area contributed by atoms with Crippen LogP contribution in [0.1, 0.15) is 0 Å². The standard InChI is InChI=1S/C24H20O5/c25-18(15-27-19-10-5-2-6-11-19)16-28-21-12-7-13-22-24(21)20(26)14-23(29-22)17-8-3-1-4-9-17/h1-14,18,25H,15-16H2. The van der Waals surface area contributed by atoms with Crippen molar-refractivity contribution in [3.05, 3.63) is 95.2 Å². The predicted octanol–water partition coefficient (Wildman–Crippen LogP) is 4.28. The molecule has 0 amide bonds. The summed E-state index contributed by atoms with van der Waals surface area (Å²) in [5.41, 5.74) is 1.06. The highest BCUT2D eigenvalue weighted by atomic mass is 16.5. The van der Waals surface area contributed by atoms with E-state index in [1.165, 1.54) is 6.07 Å². The number of aliphatic hydroxyl groups is 1. The summed E-state index contributed by atoms with van der Waals surface area (Å²) in [6, 6.07) is 25.3. The zero-order valence-corrected chi connectivity index (χ0v) is 15.7. The SMILES string of the molecule is O=c1cc(-c2ccccc2)oc2cccc(OCC(O)COc3ccccc3)c12. The second-order valence-electron chi connectivity index (χ2n) is 6.56. The molecule has 0 bridgehead atoms. The lowest BCUT2D eigenvalue weighted by molar-refractivity contribution is 0.0631. The van der Waals surface area contributed by atoms with Crippen LogP contribution < -0.4 is 14.9 Å². The topological polar surface area (TPSA) is 68.9 Å². The number of hydrogen-bond acceptors (Lipinski definition) is 5. The van der Waals surface area contributed by atoms with Gasteiger partial charge in [0.1, 0.15) is 47.5 Å². The Hall–Kier alpha value is -3.57. The summed E-state index contributed by atoms with van der Waals surface area (Å²) in [4.78, 5) is 12.7. The average molecular weight is 388 g/mol. The van der Waals surface area contributed by atoms with Gasteiger partial charge in [0, 0.05) is 11.6 Å². The Morgan fingerprint density at radius 1 is 0.828 bits per heavy atom. The fourth-order valence-electron chi connectivity index (χ4n) is 2.99. The zero-order valence-electron chi connectivity index (χ0n) is 15.7. The van der Waals surface area contributed by atoms with Crippen molar-refractivity contribution in [2.75, 3.05) is 13.2 Å². The molecule has 0 spiro atoms. The van der Waals surface area contributed by atoms with E-state index in [0.29, 0.717) is 28.2 Å². The van der Waals surface area contributed by atoms with Crippen molar-refractivity contribution >= 4 is 11.0 Å². The summed E-state index contributed by atoms with van der Waals surface area (Å²) in [5, 5.41) is 10.5. The number of para-hydroxylation sites is 1. The maximum absolute atomic E-state index is 12.7. The van der Waals surface area contributed by atoms with Gasteiger partial charge in [0.2, 0.25) is 0 Å². The molecule has 29 heavy (non-hydrogen) atoms. The summed E-state index contributed by atoms with van der Waals surface area (Å²) in [6.07, 6.45) is -0.846. The third-order valence-electron chi connectivity index (χ3n) is 4.39. The fraction of sp³-hybridized carbons (Fsp3) is 0.125. The first kappa shape index (κ1) is 18.8. The molecule has 1 aromatic heterocycles. The normalized spacial score (nSPS) is 11.9. The molecule has 1 unspecified atom stereocenters. The largest absolute Gasteiger partial charge is 0.491 e. The van der Waals surface area contributed by atoms with Crippen LogP contribution in [0.4, 0.5) is 0 Å². The van der Waals surface area contributed by atoms with E-state index in [4.69, 9.17) is 13.9 Å². The monoisotopic (exact) mass is 388 g/mol. The van der Waals surface area contributed by atoms with Crippen molar-refractivity contribution in [2.24, 2.45) is 0 Å². The van der Waals surface area contributed by atoms with Gasteiger partial charge in [-0.05, 0) is 24.3 Å². The van der Waals surface area contributed by atoms with Gasteiger partial charge in [-0.2, -0.15) is 0 Å². The minimum Gasteiger partial charge on any atom is -0.491 e. The van der Waals surface area contributed by atoms with Gasteiger partial charge in [-0.3, -0.25) is 4.79 Å². The lowest BCUT2D eigenvalue weighted by Gasteiger charge is -2.14. The minimum atomic E-state index is -0.846.